The number of rotatable bonds is 0. The number of hydrogen-bond donors (Lipinski definition) is 1. The quantitative estimate of drug-likeness (QED) is 0.696. The summed E-state index contributed by atoms with van der Waals surface area (Å²) < 4.78 is 5.40. The molecule has 0 aromatic carbocycles. The van der Waals surface area contributed by atoms with Crippen LogP contribution in [0.2, 0.25) is 0 Å². The highest BCUT2D eigenvalue weighted by Crippen LogP contribution is 2.64. The molecule has 3 aliphatic carbocycles. The molecule has 0 radical (unpaired) electrons. The number of carbonyl (C=O) groups is 1. The summed E-state index contributed by atoms with van der Waals surface area (Å²) in [5.74, 6) is 2.73. The fourth-order valence-corrected chi connectivity index (χ4v) is 6.79. The number of aliphatic hydroxyl groups excluding tert-OH is 1. The van der Waals surface area contributed by atoms with Gasteiger partial charge in [0.05, 0.1) is 18.1 Å². The van der Waals surface area contributed by atoms with Crippen molar-refractivity contribution < 1.29 is 14.6 Å². The van der Waals surface area contributed by atoms with Crippen molar-refractivity contribution >= 4 is 5.97 Å². The second-order valence-electron chi connectivity index (χ2n) is 8.97. The van der Waals surface area contributed by atoms with Gasteiger partial charge in [0.1, 0.15) is 0 Å². The molecule has 3 saturated carbocycles. The molecule has 7 atom stereocenters. The Morgan fingerprint density at radius 2 is 1.86 bits per heavy atom. The van der Waals surface area contributed by atoms with E-state index in [-0.39, 0.29) is 17.5 Å². The molecule has 1 aliphatic heterocycles. The smallest absolute Gasteiger partial charge is 0.312 e. The van der Waals surface area contributed by atoms with E-state index in [2.05, 4.69) is 13.8 Å². The molecule has 3 heteroatoms. The first-order chi connectivity index (χ1) is 10.4. The Kier molecular flexibility index (Phi) is 3.38. The molecule has 0 spiro atoms. The van der Waals surface area contributed by atoms with Gasteiger partial charge in [0.15, 0.2) is 0 Å². The van der Waals surface area contributed by atoms with Crippen LogP contribution in [0.25, 0.3) is 0 Å². The van der Waals surface area contributed by atoms with E-state index in [1.807, 2.05) is 0 Å². The molecule has 4 aliphatic rings. The molecular formula is C19H30O3. The van der Waals surface area contributed by atoms with Gasteiger partial charge in [-0.25, -0.2) is 0 Å². The molecule has 1 heterocycles. The van der Waals surface area contributed by atoms with Gasteiger partial charge in [-0.05, 0) is 87.4 Å². The van der Waals surface area contributed by atoms with Crippen molar-refractivity contribution in [2.45, 2.75) is 71.3 Å². The normalized spacial score (nSPS) is 54.7. The first kappa shape index (κ1) is 15.0. The van der Waals surface area contributed by atoms with Gasteiger partial charge in [-0.3, -0.25) is 4.79 Å². The zero-order chi connectivity index (χ0) is 15.5. The zero-order valence-corrected chi connectivity index (χ0v) is 14.0. The predicted molar refractivity (Wildman–Crippen MR) is 84.1 cm³/mol. The van der Waals surface area contributed by atoms with Gasteiger partial charge in [-0.1, -0.05) is 6.92 Å². The van der Waals surface area contributed by atoms with Gasteiger partial charge in [-0.15, -0.1) is 0 Å². The Morgan fingerprint density at radius 1 is 1.05 bits per heavy atom. The number of esters is 1. The van der Waals surface area contributed by atoms with Gasteiger partial charge in [-0.2, -0.15) is 0 Å². The molecule has 0 aromatic rings. The van der Waals surface area contributed by atoms with Crippen LogP contribution in [-0.4, -0.2) is 23.8 Å². The molecule has 4 fully saturated rings. The lowest BCUT2D eigenvalue weighted by molar-refractivity contribution is -0.188. The standard InChI is InChI=1S/C19H30O3/c1-18-8-5-13(20)11-12(18)3-4-14-15(18)6-9-19(2)16(14)7-10-22-17(19)21/h12-16,20H,3-11H2,1-2H3/t12-,13+,14+,15-,16-,18-,19-/m0/s1. The van der Waals surface area contributed by atoms with Crippen molar-refractivity contribution in [3.05, 3.63) is 0 Å². The topological polar surface area (TPSA) is 46.5 Å². The minimum Gasteiger partial charge on any atom is -0.465 e. The second-order valence-corrected chi connectivity index (χ2v) is 8.97. The summed E-state index contributed by atoms with van der Waals surface area (Å²) in [6, 6.07) is 0. The molecule has 3 nitrogen and oxygen atoms in total. The van der Waals surface area contributed by atoms with Crippen LogP contribution in [-0.2, 0) is 9.53 Å². The zero-order valence-electron chi connectivity index (χ0n) is 14.0. The van der Waals surface area contributed by atoms with Crippen molar-refractivity contribution in [2.24, 2.45) is 34.5 Å². The number of hydrogen-bond acceptors (Lipinski definition) is 3. The van der Waals surface area contributed by atoms with Crippen molar-refractivity contribution in [1.82, 2.24) is 0 Å². The van der Waals surface area contributed by atoms with E-state index < -0.39 is 0 Å². The number of aliphatic hydroxyl groups is 1. The lowest BCUT2D eigenvalue weighted by Gasteiger charge is -2.61. The largest absolute Gasteiger partial charge is 0.465 e. The summed E-state index contributed by atoms with van der Waals surface area (Å²) in [5.41, 5.74) is 0.168. The minimum atomic E-state index is -0.225. The molecule has 1 N–H and O–H groups in total. The third-order valence-electron chi connectivity index (χ3n) is 8.16. The monoisotopic (exact) mass is 306 g/mol. The van der Waals surface area contributed by atoms with Crippen molar-refractivity contribution in [2.75, 3.05) is 6.61 Å². The van der Waals surface area contributed by atoms with E-state index in [1.165, 1.54) is 25.7 Å². The van der Waals surface area contributed by atoms with E-state index >= 15 is 0 Å². The van der Waals surface area contributed by atoms with Crippen LogP contribution in [0, 0.1) is 34.5 Å². The maximum Gasteiger partial charge on any atom is 0.312 e. The van der Waals surface area contributed by atoms with Crippen LogP contribution in [0.3, 0.4) is 0 Å². The highest BCUT2D eigenvalue weighted by atomic mass is 16.5. The van der Waals surface area contributed by atoms with Crippen molar-refractivity contribution in [3.8, 4) is 0 Å². The Bertz CT molecular complexity index is 475. The number of cyclic esters (lactones) is 1. The number of fused-ring (bicyclic) bond motifs is 5. The van der Waals surface area contributed by atoms with E-state index in [0.717, 1.165) is 31.6 Å². The first-order valence-corrected chi connectivity index (χ1v) is 9.30. The molecule has 1 saturated heterocycles. The average Bonchev–Trinajstić information content (AvgIpc) is 2.49. The Balaban J connectivity index is 1.63. The molecule has 0 unspecified atom stereocenters. The van der Waals surface area contributed by atoms with Crippen LogP contribution in [0.4, 0.5) is 0 Å². The highest BCUT2D eigenvalue weighted by Gasteiger charge is 2.59. The molecule has 0 aromatic heterocycles. The Labute approximate surface area is 133 Å². The summed E-state index contributed by atoms with van der Waals surface area (Å²) in [5, 5.41) is 10.1. The van der Waals surface area contributed by atoms with E-state index in [4.69, 9.17) is 4.74 Å². The van der Waals surface area contributed by atoms with Crippen molar-refractivity contribution in [1.29, 1.82) is 0 Å². The van der Waals surface area contributed by atoms with Crippen LogP contribution in [0.15, 0.2) is 0 Å². The molecular weight excluding hydrogens is 276 g/mol. The first-order valence-electron chi connectivity index (χ1n) is 9.30. The summed E-state index contributed by atoms with van der Waals surface area (Å²) in [7, 11) is 0. The highest BCUT2D eigenvalue weighted by molar-refractivity contribution is 5.77. The summed E-state index contributed by atoms with van der Waals surface area (Å²) in [4.78, 5) is 12.4. The van der Waals surface area contributed by atoms with Crippen LogP contribution in [0.1, 0.15) is 65.2 Å². The summed E-state index contributed by atoms with van der Waals surface area (Å²) in [6.07, 6.45) is 8.82. The van der Waals surface area contributed by atoms with Gasteiger partial charge in [0, 0.05) is 0 Å². The van der Waals surface area contributed by atoms with E-state index in [9.17, 15) is 9.90 Å². The molecule has 4 rings (SSSR count). The average molecular weight is 306 g/mol. The van der Waals surface area contributed by atoms with Gasteiger partial charge < -0.3 is 9.84 Å². The fraction of sp³-hybridized carbons (Fsp3) is 0.947. The number of carbonyl (C=O) groups excluding carboxylic acids is 1. The lowest BCUT2D eigenvalue weighted by atomic mass is 9.44. The fourth-order valence-electron chi connectivity index (χ4n) is 6.79. The molecule has 124 valence electrons. The van der Waals surface area contributed by atoms with Gasteiger partial charge in [0.25, 0.3) is 0 Å². The van der Waals surface area contributed by atoms with Crippen LogP contribution in [0.5, 0.6) is 0 Å². The van der Waals surface area contributed by atoms with Gasteiger partial charge >= 0.3 is 5.97 Å². The predicted octanol–water partition coefficient (Wildman–Crippen LogP) is 3.54. The third kappa shape index (κ3) is 1.93. The lowest BCUT2D eigenvalue weighted by Crippen LogP contribution is -2.57. The molecule has 22 heavy (non-hydrogen) atoms. The van der Waals surface area contributed by atoms with E-state index in [1.54, 1.807) is 0 Å². The maximum atomic E-state index is 12.4. The van der Waals surface area contributed by atoms with Crippen molar-refractivity contribution in [3.63, 3.8) is 0 Å². The van der Waals surface area contributed by atoms with E-state index in [0.29, 0.717) is 29.8 Å². The second kappa shape index (κ2) is 4.96. The Morgan fingerprint density at radius 3 is 2.68 bits per heavy atom. The minimum absolute atomic E-state index is 0.0635. The third-order valence-corrected chi connectivity index (χ3v) is 8.16. The molecule has 0 bridgehead atoms. The van der Waals surface area contributed by atoms with Crippen LogP contribution < -0.4 is 0 Å². The maximum absolute atomic E-state index is 12.4. The SMILES string of the molecule is C[C@]12CC[C@@H](O)C[C@@H]1CC[C@@H]1[C@@H]2CC[C@]2(C)C(=O)OCC[C@@H]12. The summed E-state index contributed by atoms with van der Waals surface area (Å²) >= 11 is 0. The van der Waals surface area contributed by atoms with Crippen LogP contribution >= 0.6 is 0 Å². The molecule has 0 amide bonds. The summed E-state index contributed by atoms with van der Waals surface area (Å²) in [6.45, 7) is 5.28. The van der Waals surface area contributed by atoms with Gasteiger partial charge in [0.2, 0.25) is 0 Å². The Hall–Kier alpha value is -0.570. The number of ether oxygens (including phenoxy) is 1.